The third kappa shape index (κ3) is 4.04. The molecule has 3 aliphatic heterocycles. The molecule has 0 spiro atoms. The fourth-order valence-corrected chi connectivity index (χ4v) is 6.44. The number of hydrogen-bond acceptors (Lipinski definition) is 7. The van der Waals surface area contributed by atoms with E-state index in [4.69, 9.17) is 23.7 Å². The van der Waals surface area contributed by atoms with Crippen molar-refractivity contribution >= 4 is 0 Å². The molecule has 2 N–H and O–H groups in total. The van der Waals surface area contributed by atoms with E-state index >= 15 is 0 Å². The van der Waals surface area contributed by atoms with Crippen molar-refractivity contribution < 1.29 is 33.9 Å². The Morgan fingerprint density at radius 3 is 2.30 bits per heavy atom. The monoisotopic (exact) mass is 538 g/mol. The highest BCUT2D eigenvalue weighted by molar-refractivity contribution is 5.58. The molecular weight excluding hydrogens is 508 g/mol. The van der Waals surface area contributed by atoms with Crippen molar-refractivity contribution in [2.75, 3.05) is 27.4 Å². The van der Waals surface area contributed by atoms with Crippen LogP contribution in [-0.4, -0.2) is 43.8 Å². The summed E-state index contributed by atoms with van der Waals surface area (Å²) in [6.45, 7) is 0.890. The Morgan fingerprint density at radius 1 is 0.700 bits per heavy atom. The number of fused-ring (bicyclic) bond motifs is 5. The van der Waals surface area contributed by atoms with Crippen molar-refractivity contribution in [1.82, 2.24) is 0 Å². The molecule has 4 atom stereocenters. The van der Waals surface area contributed by atoms with E-state index in [1.165, 1.54) is 0 Å². The number of phenols is 2. The van der Waals surface area contributed by atoms with Crippen LogP contribution in [-0.2, 0) is 6.42 Å². The standard InChI is InChI=1S/C33H30O7/c1-36-23-7-9-24-29(15-23)39-17-31-33(24)32(25-8-6-22(35)14-30(25)40-31)26-12-18(4-10-27(26)37-2)20-11-19-3-5-21(34)13-28(19)38-16-20/h3-10,12-15,20,31-35H,11,16-17H2,1-2H3/t20-,31-,32?,33?/m0/s1. The minimum atomic E-state index is -0.258. The molecule has 7 heteroatoms. The highest BCUT2D eigenvalue weighted by Gasteiger charge is 2.45. The SMILES string of the molecule is COc1ccc2c(c1)OC[C@@H]1Oc3cc(O)ccc3C(c3cc([C@@H]4COc5cc(O)ccc5C4)ccc3OC)C21. The molecule has 2 unspecified atom stereocenters. The number of rotatable bonds is 4. The van der Waals surface area contributed by atoms with Gasteiger partial charge < -0.3 is 33.9 Å². The summed E-state index contributed by atoms with van der Waals surface area (Å²) in [4.78, 5) is 0. The molecule has 0 bridgehead atoms. The van der Waals surface area contributed by atoms with Gasteiger partial charge in [0.1, 0.15) is 53.0 Å². The first-order chi connectivity index (χ1) is 19.5. The average Bonchev–Trinajstić information content (AvgIpc) is 2.98. The number of aromatic hydroxyl groups is 2. The number of methoxy groups -OCH3 is 2. The Hall–Kier alpha value is -4.52. The average molecular weight is 539 g/mol. The predicted octanol–water partition coefficient (Wildman–Crippen LogP) is 5.90. The second kappa shape index (κ2) is 9.59. The molecule has 0 aliphatic carbocycles. The Kier molecular flexibility index (Phi) is 5.88. The molecule has 0 amide bonds. The Labute approximate surface area is 232 Å². The van der Waals surface area contributed by atoms with Crippen LogP contribution in [0.3, 0.4) is 0 Å². The van der Waals surface area contributed by atoms with Gasteiger partial charge in [-0.1, -0.05) is 30.3 Å². The molecular formula is C33H30O7. The van der Waals surface area contributed by atoms with Crippen molar-refractivity contribution in [2.24, 2.45) is 0 Å². The van der Waals surface area contributed by atoms with Gasteiger partial charge in [-0.05, 0) is 41.8 Å². The van der Waals surface area contributed by atoms with E-state index in [0.29, 0.717) is 19.0 Å². The maximum atomic E-state index is 10.3. The van der Waals surface area contributed by atoms with E-state index in [0.717, 1.165) is 57.2 Å². The summed E-state index contributed by atoms with van der Waals surface area (Å²) in [6, 6.07) is 23.0. The summed E-state index contributed by atoms with van der Waals surface area (Å²) >= 11 is 0. The molecule has 0 fully saturated rings. The zero-order valence-corrected chi connectivity index (χ0v) is 22.3. The van der Waals surface area contributed by atoms with Gasteiger partial charge in [-0.2, -0.15) is 0 Å². The quantitative estimate of drug-likeness (QED) is 0.334. The van der Waals surface area contributed by atoms with Gasteiger partial charge in [-0.25, -0.2) is 0 Å². The Balaban J connectivity index is 1.36. The van der Waals surface area contributed by atoms with Crippen LogP contribution >= 0.6 is 0 Å². The Bertz CT molecular complexity index is 1600. The van der Waals surface area contributed by atoms with E-state index in [9.17, 15) is 10.2 Å². The summed E-state index contributed by atoms with van der Waals surface area (Å²) in [5.41, 5.74) is 5.30. The number of phenolic OH excluding ortho intramolecular Hbond substituents is 2. The lowest BCUT2D eigenvalue weighted by Crippen LogP contribution is -2.42. The number of ether oxygens (including phenoxy) is 5. The zero-order valence-electron chi connectivity index (χ0n) is 22.3. The molecule has 0 radical (unpaired) electrons. The molecule has 3 aliphatic rings. The lowest BCUT2D eigenvalue weighted by atomic mass is 9.70. The van der Waals surface area contributed by atoms with Gasteiger partial charge >= 0.3 is 0 Å². The first-order valence-electron chi connectivity index (χ1n) is 13.4. The summed E-state index contributed by atoms with van der Waals surface area (Å²) in [6.07, 6.45) is 0.549. The van der Waals surface area contributed by atoms with Crippen LogP contribution in [0.4, 0.5) is 0 Å². The van der Waals surface area contributed by atoms with Gasteiger partial charge in [0.2, 0.25) is 0 Å². The molecule has 7 rings (SSSR count). The van der Waals surface area contributed by atoms with Crippen LogP contribution in [0.2, 0.25) is 0 Å². The lowest BCUT2D eigenvalue weighted by molar-refractivity contribution is 0.0657. The van der Waals surface area contributed by atoms with E-state index < -0.39 is 0 Å². The molecule has 7 nitrogen and oxygen atoms in total. The van der Waals surface area contributed by atoms with Crippen molar-refractivity contribution in [3.8, 4) is 40.2 Å². The van der Waals surface area contributed by atoms with Crippen LogP contribution in [0.15, 0.2) is 72.8 Å². The van der Waals surface area contributed by atoms with E-state index in [2.05, 4.69) is 18.2 Å². The highest BCUT2D eigenvalue weighted by atomic mass is 16.5. The smallest absolute Gasteiger partial charge is 0.140 e. The van der Waals surface area contributed by atoms with Crippen molar-refractivity contribution in [1.29, 1.82) is 0 Å². The van der Waals surface area contributed by atoms with Gasteiger partial charge in [0.05, 0.1) is 20.8 Å². The van der Waals surface area contributed by atoms with Crippen LogP contribution in [0, 0.1) is 0 Å². The highest BCUT2D eigenvalue weighted by Crippen LogP contribution is 2.55. The third-order valence-electron chi connectivity index (χ3n) is 8.37. The molecule has 3 heterocycles. The minimum Gasteiger partial charge on any atom is -0.508 e. The fourth-order valence-electron chi connectivity index (χ4n) is 6.44. The molecule has 204 valence electrons. The van der Waals surface area contributed by atoms with Gasteiger partial charge in [-0.3, -0.25) is 0 Å². The van der Waals surface area contributed by atoms with Gasteiger partial charge in [0.25, 0.3) is 0 Å². The summed E-state index contributed by atoms with van der Waals surface area (Å²) in [5.74, 6) is 4.03. The summed E-state index contributed by atoms with van der Waals surface area (Å²) in [7, 11) is 3.34. The number of hydrogen-bond donors (Lipinski definition) is 2. The van der Waals surface area contributed by atoms with E-state index in [-0.39, 0.29) is 35.4 Å². The number of benzene rings is 4. The molecule has 40 heavy (non-hydrogen) atoms. The van der Waals surface area contributed by atoms with Gasteiger partial charge in [0.15, 0.2) is 0 Å². The third-order valence-corrected chi connectivity index (χ3v) is 8.37. The minimum absolute atomic E-state index is 0.0536. The Morgan fingerprint density at radius 2 is 1.48 bits per heavy atom. The first kappa shape index (κ1) is 24.5. The molecule has 0 saturated carbocycles. The van der Waals surface area contributed by atoms with E-state index in [1.54, 1.807) is 38.5 Å². The molecule has 4 aromatic rings. The normalized spacial score (nSPS) is 22.2. The molecule has 0 aromatic heterocycles. The molecule has 0 saturated heterocycles. The van der Waals surface area contributed by atoms with Crippen LogP contribution in [0.1, 0.15) is 45.6 Å². The van der Waals surface area contributed by atoms with Crippen molar-refractivity contribution in [2.45, 2.75) is 30.3 Å². The lowest BCUT2D eigenvalue weighted by Gasteiger charge is -2.43. The fraction of sp³-hybridized carbons (Fsp3) is 0.273. The summed E-state index contributed by atoms with van der Waals surface area (Å²) in [5, 5.41) is 20.2. The van der Waals surface area contributed by atoms with Crippen LogP contribution in [0.5, 0.6) is 40.2 Å². The summed E-state index contributed by atoms with van der Waals surface area (Å²) < 4.78 is 30.1. The van der Waals surface area contributed by atoms with Crippen LogP contribution in [0.25, 0.3) is 0 Å². The maximum absolute atomic E-state index is 10.3. The second-order valence-corrected chi connectivity index (χ2v) is 10.6. The van der Waals surface area contributed by atoms with E-state index in [1.807, 2.05) is 30.3 Å². The first-order valence-corrected chi connectivity index (χ1v) is 13.4. The van der Waals surface area contributed by atoms with Gasteiger partial charge in [-0.15, -0.1) is 0 Å². The largest absolute Gasteiger partial charge is 0.508 e. The second-order valence-electron chi connectivity index (χ2n) is 10.6. The van der Waals surface area contributed by atoms with Gasteiger partial charge in [0, 0.05) is 52.6 Å². The molecule has 4 aromatic carbocycles. The topological polar surface area (TPSA) is 86.6 Å². The van der Waals surface area contributed by atoms with Crippen molar-refractivity contribution in [3.05, 3.63) is 101 Å². The predicted molar refractivity (Wildman–Crippen MR) is 149 cm³/mol. The van der Waals surface area contributed by atoms with Crippen LogP contribution < -0.4 is 23.7 Å². The maximum Gasteiger partial charge on any atom is 0.140 e. The van der Waals surface area contributed by atoms with Crippen molar-refractivity contribution in [3.63, 3.8) is 0 Å². The zero-order chi connectivity index (χ0) is 27.4.